The van der Waals surface area contributed by atoms with Gasteiger partial charge < -0.3 is 15.0 Å². The zero-order valence-corrected chi connectivity index (χ0v) is 18.2. The van der Waals surface area contributed by atoms with Crippen LogP contribution in [0.25, 0.3) is 10.9 Å². The van der Waals surface area contributed by atoms with Crippen molar-refractivity contribution in [2.45, 2.75) is 24.7 Å². The number of methoxy groups -OCH3 is 1. The standard InChI is InChI=1S/C21H22ClN3O4S/c1-13-5-7-16-15(11-13)19(22)20(24-16)21(26)23-14-6-8-17(29-2)18(12-14)30(27,28)25-9-3-4-10-25/h5-8,11-12,24H,3-4,9-10H2,1-2H3,(H,23,26). The Hall–Kier alpha value is -2.55. The van der Waals surface area contributed by atoms with Crippen molar-refractivity contribution in [1.82, 2.24) is 9.29 Å². The Kier molecular flexibility index (Phi) is 5.48. The molecule has 1 aliphatic heterocycles. The number of H-pyrrole nitrogens is 1. The quantitative estimate of drug-likeness (QED) is 0.613. The summed E-state index contributed by atoms with van der Waals surface area (Å²) in [6.45, 7) is 2.90. The van der Waals surface area contributed by atoms with Crippen LogP contribution in [0.5, 0.6) is 5.75 Å². The lowest BCUT2D eigenvalue weighted by Crippen LogP contribution is -2.28. The molecule has 1 aromatic heterocycles. The number of sulfonamides is 1. The van der Waals surface area contributed by atoms with E-state index in [0.717, 1.165) is 29.3 Å². The van der Waals surface area contributed by atoms with Gasteiger partial charge in [-0.2, -0.15) is 4.31 Å². The van der Waals surface area contributed by atoms with Gasteiger partial charge in [0.1, 0.15) is 16.3 Å². The molecule has 30 heavy (non-hydrogen) atoms. The molecule has 3 aromatic rings. The third-order valence-corrected chi connectivity index (χ3v) is 7.53. The average molecular weight is 448 g/mol. The molecule has 0 spiro atoms. The summed E-state index contributed by atoms with van der Waals surface area (Å²) >= 11 is 6.41. The first kappa shape index (κ1) is 20.7. The van der Waals surface area contributed by atoms with Crippen LogP contribution in [0.15, 0.2) is 41.3 Å². The molecule has 0 atom stereocenters. The van der Waals surface area contributed by atoms with E-state index < -0.39 is 15.9 Å². The molecule has 1 amide bonds. The van der Waals surface area contributed by atoms with E-state index in [1.165, 1.54) is 23.5 Å². The summed E-state index contributed by atoms with van der Waals surface area (Å²) in [6.07, 6.45) is 1.66. The van der Waals surface area contributed by atoms with Crippen molar-refractivity contribution >= 4 is 44.1 Å². The van der Waals surface area contributed by atoms with E-state index in [9.17, 15) is 13.2 Å². The topological polar surface area (TPSA) is 91.5 Å². The van der Waals surface area contributed by atoms with Gasteiger partial charge >= 0.3 is 0 Å². The molecule has 1 saturated heterocycles. The Balaban J connectivity index is 1.67. The predicted octanol–water partition coefficient (Wildman–Crippen LogP) is 4.18. The van der Waals surface area contributed by atoms with E-state index in [-0.39, 0.29) is 16.3 Å². The molecule has 0 radical (unpaired) electrons. The molecule has 0 aliphatic carbocycles. The van der Waals surface area contributed by atoms with Crippen LogP contribution in [0, 0.1) is 6.92 Å². The number of benzene rings is 2. The number of carbonyl (C=O) groups excluding carboxylic acids is 1. The highest BCUT2D eigenvalue weighted by Crippen LogP contribution is 2.32. The Morgan fingerprint density at radius 2 is 1.90 bits per heavy atom. The van der Waals surface area contributed by atoms with Crippen LogP contribution >= 0.6 is 11.6 Å². The van der Waals surface area contributed by atoms with Crippen LogP contribution in [0.4, 0.5) is 5.69 Å². The maximum Gasteiger partial charge on any atom is 0.273 e. The van der Waals surface area contributed by atoms with Crippen molar-refractivity contribution in [3.05, 3.63) is 52.7 Å². The maximum atomic E-state index is 13.0. The number of fused-ring (bicyclic) bond motifs is 1. The molecule has 0 bridgehead atoms. The van der Waals surface area contributed by atoms with Crippen LogP contribution in [0.1, 0.15) is 28.9 Å². The first-order chi connectivity index (χ1) is 14.3. The second kappa shape index (κ2) is 7.94. The normalized spacial score (nSPS) is 14.9. The van der Waals surface area contributed by atoms with Gasteiger partial charge in [-0.25, -0.2) is 8.42 Å². The first-order valence-corrected chi connectivity index (χ1v) is 11.4. The van der Waals surface area contributed by atoms with Crippen molar-refractivity contribution in [3.63, 3.8) is 0 Å². The Morgan fingerprint density at radius 1 is 1.17 bits per heavy atom. The summed E-state index contributed by atoms with van der Waals surface area (Å²) in [5, 5.41) is 3.82. The molecule has 1 fully saturated rings. The van der Waals surface area contributed by atoms with E-state index in [1.807, 2.05) is 25.1 Å². The van der Waals surface area contributed by atoms with Crippen molar-refractivity contribution in [2.75, 3.05) is 25.5 Å². The lowest BCUT2D eigenvalue weighted by molar-refractivity contribution is 0.102. The smallest absolute Gasteiger partial charge is 0.273 e. The van der Waals surface area contributed by atoms with Gasteiger partial charge in [0, 0.05) is 29.7 Å². The molecule has 2 aromatic carbocycles. The van der Waals surface area contributed by atoms with E-state index >= 15 is 0 Å². The fraction of sp³-hybridized carbons (Fsp3) is 0.286. The molecule has 0 unspecified atom stereocenters. The summed E-state index contributed by atoms with van der Waals surface area (Å²) in [5.74, 6) is -0.220. The first-order valence-electron chi connectivity index (χ1n) is 9.58. The Bertz CT molecular complexity index is 1230. The number of halogens is 1. The van der Waals surface area contributed by atoms with Crippen LogP contribution in [-0.4, -0.2) is 43.8 Å². The van der Waals surface area contributed by atoms with Crippen LogP contribution in [0.2, 0.25) is 5.02 Å². The highest BCUT2D eigenvalue weighted by atomic mass is 35.5. The van der Waals surface area contributed by atoms with Crippen LogP contribution in [-0.2, 0) is 10.0 Å². The second-order valence-corrected chi connectivity index (χ2v) is 9.58. The number of ether oxygens (including phenoxy) is 1. The maximum absolute atomic E-state index is 13.0. The lowest BCUT2D eigenvalue weighted by atomic mass is 10.2. The molecule has 158 valence electrons. The third-order valence-electron chi connectivity index (χ3n) is 5.22. The van der Waals surface area contributed by atoms with Gasteiger partial charge in [-0.1, -0.05) is 23.2 Å². The van der Waals surface area contributed by atoms with E-state index in [0.29, 0.717) is 23.8 Å². The van der Waals surface area contributed by atoms with E-state index in [2.05, 4.69) is 10.3 Å². The lowest BCUT2D eigenvalue weighted by Gasteiger charge is -2.18. The molecule has 7 nitrogen and oxygen atoms in total. The molecule has 9 heteroatoms. The summed E-state index contributed by atoms with van der Waals surface area (Å²) in [4.78, 5) is 15.9. The number of hydrogen-bond acceptors (Lipinski definition) is 4. The highest BCUT2D eigenvalue weighted by molar-refractivity contribution is 7.89. The van der Waals surface area contributed by atoms with Gasteiger partial charge in [0.05, 0.1) is 12.1 Å². The number of nitrogens with zero attached hydrogens (tertiary/aromatic N) is 1. The predicted molar refractivity (Wildman–Crippen MR) is 117 cm³/mol. The van der Waals surface area contributed by atoms with Crippen molar-refractivity contribution < 1.29 is 17.9 Å². The Labute approximate surface area is 180 Å². The third kappa shape index (κ3) is 3.66. The van der Waals surface area contributed by atoms with E-state index in [4.69, 9.17) is 16.3 Å². The number of aromatic amines is 1. The molecule has 4 rings (SSSR count). The SMILES string of the molecule is COc1ccc(NC(=O)c2[nH]c3ccc(C)cc3c2Cl)cc1S(=O)(=O)N1CCCC1. The number of hydrogen-bond donors (Lipinski definition) is 2. The summed E-state index contributed by atoms with van der Waals surface area (Å²) in [5.41, 5.74) is 2.34. The number of anilines is 1. The number of rotatable bonds is 5. The fourth-order valence-electron chi connectivity index (χ4n) is 3.65. The zero-order chi connectivity index (χ0) is 21.5. The molecule has 1 aliphatic rings. The van der Waals surface area contributed by atoms with Crippen molar-refractivity contribution in [1.29, 1.82) is 0 Å². The number of carbonyl (C=O) groups is 1. The van der Waals surface area contributed by atoms with Crippen LogP contribution in [0.3, 0.4) is 0 Å². The number of aromatic nitrogens is 1. The van der Waals surface area contributed by atoms with Crippen molar-refractivity contribution in [3.8, 4) is 5.75 Å². The molecular formula is C21H22ClN3O4S. The molecule has 2 heterocycles. The zero-order valence-electron chi connectivity index (χ0n) is 16.7. The van der Waals surface area contributed by atoms with Gasteiger partial charge in [0.25, 0.3) is 5.91 Å². The largest absolute Gasteiger partial charge is 0.495 e. The number of nitrogens with one attached hydrogen (secondary N) is 2. The minimum Gasteiger partial charge on any atom is -0.495 e. The summed E-state index contributed by atoms with van der Waals surface area (Å²) in [7, 11) is -2.30. The minimum absolute atomic E-state index is 0.0306. The number of amides is 1. The fourth-order valence-corrected chi connectivity index (χ4v) is 5.63. The van der Waals surface area contributed by atoms with Crippen molar-refractivity contribution in [2.24, 2.45) is 0 Å². The highest BCUT2D eigenvalue weighted by Gasteiger charge is 2.30. The molecule has 0 saturated carbocycles. The summed E-state index contributed by atoms with van der Waals surface area (Å²) < 4.78 is 32.8. The average Bonchev–Trinajstić information content (AvgIpc) is 3.37. The summed E-state index contributed by atoms with van der Waals surface area (Å²) in [6, 6.07) is 10.2. The van der Waals surface area contributed by atoms with Gasteiger partial charge in [-0.15, -0.1) is 0 Å². The van der Waals surface area contributed by atoms with Gasteiger partial charge in [0.2, 0.25) is 10.0 Å². The molecule has 2 N–H and O–H groups in total. The van der Waals surface area contributed by atoms with E-state index in [1.54, 1.807) is 6.07 Å². The second-order valence-electron chi connectivity index (χ2n) is 7.29. The minimum atomic E-state index is -3.71. The number of aryl methyl sites for hydroxylation is 1. The van der Waals surface area contributed by atoms with Gasteiger partial charge in [-0.05, 0) is 50.1 Å². The van der Waals surface area contributed by atoms with Crippen LogP contribution < -0.4 is 10.1 Å². The molecular weight excluding hydrogens is 426 g/mol. The van der Waals surface area contributed by atoms with Gasteiger partial charge in [-0.3, -0.25) is 4.79 Å². The monoisotopic (exact) mass is 447 g/mol. The Morgan fingerprint density at radius 3 is 2.60 bits per heavy atom. The van der Waals surface area contributed by atoms with Gasteiger partial charge in [0.15, 0.2) is 0 Å².